The van der Waals surface area contributed by atoms with Crippen molar-refractivity contribution in [3.05, 3.63) is 128 Å². The average molecular weight is 693 g/mol. The molecule has 0 heterocycles. The number of carbonyl (C=O) groups is 2. The van der Waals surface area contributed by atoms with E-state index < -0.39 is 34.4 Å². The number of carbonyl (C=O) groups excluding carboxylic acids is 2. The third-order valence-corrected chi connectivity index (χ3v) is 9.89. The van der Waals surface area contributed by atoms with Crippen molar-refractivity contribution in [3.8, 4) is 0 Å². The Labute approximate surface area is 277 Å². The van der Waals surface area contributed by atoms with Gasteiger partial charge in [0.2, 0.25) is 11.8 Å². The molecule has 0 aromatic heterocycles. The SMILES string of the molecule is CCNC(=O)C(Cc1ccccc1)N(Cc1ccc(Cl)cc1Cl)C(=O)CN(c1ccc(Cl)c(Cl)c1)S(=O)(=O)c1ccccc1. The Morgan fingerprint density at radius 3 is 2.07 bits per heavy atom. The fourth-order valence-corrected chi connectivity index (χ4v) is 6.76. The van der Waals surface area contributed by atoms with E-state index >= 15 is 0 Å². The minimum absolute atomic E-state index is 0.0317. The van der Waals surface area contributed by atoms with E-state index in [2.05, 4.69) is 5.32 Å². The van der Waals surface area contributed by atoms with Crippen LogP contribution in [0.15, 0.2) is 102 Å². The maximum atomic E-state index is 14.4. The molecule has 0 aliphatic rings. The van der Waals surface area contributed by atoms with Gasteiger partial charge in [-0.1, -0.05) is 101 Å². The standard InChI is InChI=1S/C32H29Cl4N3O4S/c1-2-37-32(41)30(17-22-9-5-3-6-10-22)38(20-23-13-14-24(33)18-28(23)35)31(40)21-39(25-15-16-27(34)29(36)19-25)44(42,43)26-11-7-4-8-12-26/h3-16,18-19,30H,2,17,20-21H2,1H3,(H,37,41). The molecule has 4 aromatic rings. The molecule has 2 amide bonds. The Balaban J connectivity index is 1.82. The van der Waals surface area contributed by atoms with Gasteiger partial charge < -0.3 is 10.2 Å². The number of hydrogen-bond acceptors (Lipinski definition) is 4. The number of anilines is 1. The Hall–Kier alpha value is -3.27. The molecule has 7 nitrogen and oxygen atoms in total. The summed E-state index contributed by atoms with van der Waals surface area (Å²) in [5, 5.41) is 3.84. The topological polar surface area (TPSA) is 86.8 Å². The normalized spacial score (nSPS) is 11.9. The highest BCUT2D eigenvalue weighted by molar-refractivity contribution is 7.92. The van der Waals surface area contributed by atoms with Crippen LogP contribution in [0.5, 0.6) is 0 Å². The highest BCUT2D eigenvalue weighted by atomic mass is 35.5. The van der Waals surface area contributed by atoms with E-state index in [-0.39, 0.29) is 33.6 Å². The van der Waals surface area contributed by atoms with E-state index in [9.17, 15) is 18.0 Å². The van der Waals surface area contributed by atoms with E-state index in [0.29, 0.717) is 22.2 Å². The summed E-state index contributed by atoms with van der Waals surface area (Å²) in [5.41, 5.74) is 1.46. The zero-order valence-electron chi connectivity index (χ0n) is 23.6. The van der Waals surface area contributed by atoms with Crippen LogP contribution in [0.2, 0.25) is 20.1 Å². The van der Waals surface area contributed by atoms with Crippen molar-refractivity contribution in [2.24, 2.45) is 0 Å². The van der Waals surface area contributed by atoms with Crippen LogP contribution in [-0.2, 0) is 32.6 Å². The summed E-state index contributed by atoms with van der Waals surface area (Å²) in [6.45, 7) is 1.36. The van der Waals surface area contributed by atoms with Crippen LogP contribution in [-0.4, -0.2) is 44.3 Å². The van der Waals surface area contributed by atoms with Gasteiger partial charge in [0.1, 0.15) is 12.6 Å². The number of benzene rings is 4. The zero-order valence-corrected chi connectivity index (χ0v) is 27.4. The van der Waals surface area contributed by atoms with Gasteiger partial charge in [-0.25, -0.2) is 8.42 Å². The molecule has 1 unspecified atom stereocenters. The lowest BCUT2D eigenvalue weighted by Crippen LogP contribution is -2.53. The van der Waals surface area contributed by atoms with Gasteiger partial charge >= 0.3 is 0 Å². The number of likely N-dealkylation sites (N-methyl/N-ethyl adjacent to an activating group) is 1. The maximum absolute atomic E-state index is 14.4. The van der Waals surface area contributed by atoms with Gasteiger partial charge in [0.25, 0.3) is 10.0 Å². The number of sulfonamides is 1. The van der Waals surface area contributed by atoms with Crippen LogP contribution in [0.4, 0.5) is 5.69 Å². The predicted molar refractivity (Wildman–Crippen MR) is 177 cm³/mol. The van der Waals surface area contributed by atoms with Crippen molar-refractivity contribution in [1.82, 2.24) is 10.2 Å². The fraction of sp³-hybridized carbons (Fsp3) is 0.188. The summed E-state index contributed by atoms with van der Waals surface area (Å²) in [5.74, 6) is -1.05. The van der Waals surface area contributed by atoms with Gasteiger partial charge in [0.15, 0.2) is 0 Å². The van der Waals surface area contributed by atoms with Crippen molar-refractivity contribution in [3.63, 3.8) is 0 Å². The Kier molecular flexibility index (Phi) is 11.6. The quantitative estimate of drug-likeness (QED) is 0.169. The molecule has 0 spiro atoms. The lowest BCUT2D eigenvalue weighted by molar-refractivity contribution is -0.140. The molecule has 0 radical (unpaired) electrons. The lowest BCUT2D eigenvalue weighted by atomic mass is 10.0. The van der Waals surface area contributed by atoms with Crippen molar-refractivity contribution in [2.45, 2.75) is 30.8 Å². The van der Waals surface area contributed by atoms with Gasteiger partial charge in [-0.15, -0.1) is 0 Å². The van der Waals surface area contributed by atoms with Gasteiger partial charge in [-0.2, -0.15) is 0 Å². The Morgan fingerprint density at radius 2 is 1.45 bits per heavy atom. The third-order valence-electron chi connectivity index (χ3n) is 6.78. The molecule has 0 bridgehead atoms. The Bertz CT molecular complexity index is 1720. The molecule has 0 fully saturated rings. The van der Waals surface area contributed by atoms with Crippen molar-refractivity contribution in [2.75, 3.05) is 17.4 Å². The molecule has 4 rings (SSSR count). The summed E-state index contributed by atoms with van der Waals surface area (Å²) in [6, 6.07) is 25.1. The van der Waals surface area contributed by atoms with Crippen LogP contribution >= 0.6 is 46.4 Å². The number of amides is 2. The smallest absolute Gasteiger partial charge is 0.264 e. The van der Waals surface area contributed by atoms with Crippen LogP contribution in [0.25, 0.3) is 0 Å². The molecule has 0 aliphatic heterocycles. The summed E-state index contributed by atoms with van der Waals surface area (Å²) in [4.78, 5) is 29.3. The monoisotopic (exact) mass is 691 g/mol. The maximum Gasteiger partial charge on any atom is 0.264 e. The van der Waals surface area contributed by atoms with E-state index in [1.807, 2.05) is 30.3 Å². The second-order valence-corrected chi connectivity index (χ2v) is 13.3. The first kappa shape index (κ1) is 33.6. The number of halogens is 4. The number of rotatable bonds is 12. The van der Waals surface area contributed by atoms with Gasteiger partial charge in [0.05, 0.1) is 20.6 Å². The molecule has 12 heteroatoms. The predicted octanol–water partition coefficient (Wildman–Crippen LogP) is 7.27. The van der Waals surface area contributed by atoms with Crippen molar-refractivity contribution < 1.29 is 18.0 Å². The summed E-state index contributed by atoms with van der Waals surface area (Å²) in [6.07, 6.45) is 0.168. The van der Waals surface area contributed by atoms with Crippen molar-refractivity contribution >= 4 is 73.9 Å². The van der Waals surface area contributed by atoms with E-state index in [1.54, 1.807) is 43.3 Å². The Morgan fingerprint density at radius 1 is 0.795 bits per heavy atom. The minimum atomic E-state index is -4.27. The fourth-order valence-electron chi connectivity index (χ4n) is 4.57. The molecule has 0 saturated heterocycles. The zero-order chi connectivity index (χ0) is 31.9. The van der Waals surface area contributed by atoms with Crippen LogP contribution in [0.1, 0.15) is 18.1 Å². The van der Waals surface area contributed by atoms with E-state index in [4.69, 9.17) is 46.4 Å². The first-order valence-corrected chi connectivity index (χ1v) is 16.5. The lowest BCUT2D eigenvalue weighted by Gasteiger charge is -2.34. The molecule has 4 aromatic carbocycles. The van der Waals surface area contributed by atoms with Crippen LogP contribution in [0, 0.1) is 0 Å². The molecule has 1 atom stereocenters. The number of hydrogen-bond donors (Lipinski definition) is 1. The number of nitrogens with one attached hydrogen (secondary N) is 1. The first-order valence-electron chi connectivity index (χ1n) is 13.6. The van der Waals surface area contributed by atoms with E-state index in [1.165, 1.54) is 35.2 Å². The summed E-state index contributed by atoms with van der Waals surface area (Å²) < 4.78 is 29.0. The highest BCUT2D eigenvalue weighted by Gasteiger charge is 2.35. The second-order valence-electron chi connectivity index (χ2n) is 9.78. The van der Waals surface area contributed by atoms with Gasteiger partial charge in [-0.05, 0) is 60.5 Å². The molecule has 230 valence electrons. The second kappa shape index (κ2) is 15.1. The molecular weight excluding hydrogens is 664 g/mol. The summed E-state index contributed by atoms with van der Waals surface area (Å²) in [7, 11) is -4.27. The molecular formula is C32H29Cl4N3O4S. The van der Waals surface area contributed by atoms with Crippen LogP contribution in [0.3, 0.4) is 0 Å². The largest absolute Gasteiger partial charge is 0.355 e. The third kappa shape index (κ3) is 8.25. The van der Waals surface area contributed by atoms with Gasteiger partial charge in [-0.3, -0.25) is 13.9 Å². The van der Waals surface area contributed by atoms with Gasteiger partial charge in [0, 0.05) is 29.6 Å². The summed E-state index contributed by atoms with van der Waals surface area (Å²) >= 11 is 25.0. The molecule has 1 N–H and O–H groups in total. The minimum Gasteiger partial charge on any atom is -0.355 e. The van der Waals surface area contributed by atoms with E-state index in [0.717, 1.165) is 9.87 Å². The molecule has 0 aliphatic carbocycles. The number of nitrogens with zero attached hydrogens (tertiary/aromatic N) is 2. The first-order chi connectivity index (χ1) is 21.0. The highest BCUT2D eigenvalue weighted by Crippen LogP contribution is 2.31. The van der Waals surface area contributed by atoms with Crippen LogP contribution < -0.4 is 9.62 Å². The average Bonchev–Trinajstić information content (AvgIpc) is 3.01. The molecule has 44 heavy (non-hydrogen) atoms. The molecule has 0 saturated carbocycles. The van der Waals surface area contributed by atoms with Crippen molar-refractivity contribution in [1.29, 1.82) is 0 Å².